The molecule has 0 atom stereocenters. The van der Waals surface area contributed by atoms with Crippen molar-refractivity contribution in [3.05, 3.63) is 0 Å². The Balaban J connectivity index is 5.93. The molecule has 0 fully saturated rings. The van der Waals surface area contributed by atoms with Gasteiger partial charge in [0.1, 0.15) is 0 Å². The van der Waals surface area contributed by atoms with Gasteiger partial charge in [0.15, 0.2) is 5.51 Å². The standard InChI is InChI=1S/C4F11NO/c5-2(6,7)1(3(8,9)10,4(11,12)13)17-16(14)15. The van der Waals surface area contributed by atoms with Gasteiger partial charge in [-0.25, -0.2) is 4.84 Å². The maximum atomic E-state index is 11.8. The first-order valence-corrected chi connectivity index (χ1v) is 3.18. The van der Waals surface area contributed by atoms with Crippen LogP contribution in [-0.4, -0.2) is 29.6 Å². The van der Waals surface area contributed by atoms with Crippen LogP contribution in [0.25, 0.3) is 0 Å². The predicted molar refractivity (Wildman–Crippen MR) is 26.0 cm³/mol. The summed E-state index contributed by atoms with van der Waals surface area (Å²) >= 11 is 0. The molecule has 0 unspecified atom stereocenters. The topological polar surface area (TPSA) is 12.5 Å². The van der Waals surface area contributed by atoms with E-state index in [1.165, 1.54) is 0 Å². The van der Waals surface area contributed by atoms with E-state index in [4.69, 9.17) is 0 Å². The van der Waals surface area contributed by atoms with Crippen LogP contribution in [0.5, 0.6) is 0 Å². The Morgan fingerprint density at radius 3 is 0.882 bits per heavy atom. The second-order valence-corrected chi connectivity index (χ2v) is 2.47. The van der Waals surface area contributed by atoms with E-state index >= 15 is 0 Å². The van der Waals surface area contributed by atoms with Crippen LogP contribution in [0.2, 0.25) is 0 Å². The molecule has 0 aliphatic rings. The molecule has 0 rings (SSSR count). The lowest BCUT2D eigenvalue weighted by Gasteiger charge is -2.36. The Labute approximate surface area is 84.4 Å². The number of halogens is 11. The molecule has 0 radical (unpaired) electrons. The molecule has 104 valence electrons. The highest BCUT2D eigenvalue weighted by atomic mass is 19.4. The highest BCUT2D eigenvalue weighted by Gasteiger charge is 2.87. The van der Waals surface area contributed by atoms with E-state index in [0.29, 0.717) is 0 Å². The Hall–Kier alpha value is -0.850. The highest BCUT2D eigenvalue weighted by Crippen LogP contribution is 2.55. The molecule has 0 aliphatic heterocycles. The Bertz CT molecular complexity index is 224. The summed E-state index contributed by atoms with van der Waals surface area (Å²) in [5.41, 5.74) is -10.3. The SMILES string of the molecule is FN(F)OC(C(F)(F)F)(C(F)(F)F)C(F)(F)F. The summed E-state index contributed by atoms with van der Waals surface area (Å²) in [5, 5.41) is 0. The molecule has 0 saturated heterocycles. The zero-order valence-electron chi connectivity index (χ0n) is 7.01. The molecule has 0 bridgehead atoms. The normalized spacial score (nSPS) is 15.5. The first kappa shape index (κ1) is 16.1. The van der Waals surface area contributed by atoms with E-state index in [9.17, 15) is 48.5 Å². The molecule has 13 heteroatoms. The number of alkyl halides is 9. The molecule has 0 amide bonds. The third-order valence-corrected chi connectivity index (χ3v) is 1.40. The first-order chi connectivity index (χ1) is 7.17. The lowest BCUT2D eigenvalue weighted by Crippen LogP contribution is -2.68. The minimum atomic E-state index is -7.18. The van der Waals surface area contributed by atoms with Gasteiger partial charge in [-0.05, 0) is 0 Å². The minimum Gasteiger partial charge on any atom is -0.207 e. The van der Waals surface area contributed by atoms with Crippen molar-refractivity contribution >= 4 is 0 Å². The fraction of sp³-hybridized carbons (Fsp3) is 1.00. The van der Waals surface area contributed by atoms with E-state index < -0.39 is 29.6 Å². The van der Waals surface area contributed by atoms with Crippen molar-refractivity contribution in [1.82, 2.24) is 5.51 Å². The minimum absolute atomic E-state index is 1.66. The molecule has 0 N–H and O–H groups in total. The van der Waals surface area contributed by atoms with Gasteiger partial charge >= 0.3 is 24.1 Å². The van der Waals surface area contributed by atoms with Gasteiger partial charge in [0.25, 0.3) is 0 Å². The van der Waals surface area contributed by atoms with Crippen molar-refractivity contribution in [2.45, 2.75) is 24.1 Å². The number of nitrogens with zero attached hydrogens (tertiary/aromatic N) is 1. The molecule has 0 aliphatic carbocycles. The zero-order chi connectivity index (χ0) is 14.3. The number of rotatable bonds is 2. The maximum absolute atomic E-state index is 11.8. The molecule has 0 saturated carbocycles. The molecule has 0 aromatic rings. The lowest BCUT2D eigenvalue weighted by molar-refractivity contribution is -0.552. The summed E-state index contributed by atoms with van der Waals surface area (Å²) in [6.07, 6.45) is -21.5. The maximum Gasteiger partial charge on any atom is 0.438 e. The molecular formula is C4F11NO. The van der Waals surface area contributed by atoms with Crippen LogP contribution in [0.3, 0.4) is 0 Å². The van der Waals surface area contributed by atoms with Crippen LogP contribution in [0, 0.1) is 0 Å². The smallest absolute Gasteiger partial charge is 0.207 e. The van der Waals surface area contributed by atoms with Crippen molar-refractivity contribution < 1.29 is 53.3 Å². The van der Waals surface area contributed by atoms with Gasteiger partial charge in [-0.3, -0.25) is 0 Å². The van der Waals surface area contributed by atoms with Gasteiger partial charge < -0.3 is 0 Å². The van der Waals surface area contributed by atoms with E-state index in [1.54, 1.807) is 4.84 Å². The zero-order valence-corrected chi connectivity index (χ0v) is 7.01. The quantitative estimate of drug-likeness (QED) is 0.438. The predicted octanol–water partition coefficient (Wildman–Crippen LogP) is 3.41. The van der Waals surface area contributed by atoms with Crippen molar-refractivity contribution in [2.24, 2.45) is 0 Å². The van der Waals surface area contributed by atoms with Crippen molar-refractivity contribution in [1.29, 1.82) is 0 Å². The molecule has 17 heavy (non-hydrogen) atoms. The van der Waals surface area contributed by atoms with Crippen molar-refractivity contribution in [3.63, 3.8) is 0 Å². The van der Waals surface area contributed by atoms with Crippen LogP contribution in [0.1, 0.15) is 0 Å². The number of hydrogen-bond donors (Lipinski definition) is 0. The van der Waals surface area contributed by atoms with E-state index in [-0.39, 0.29) is 0 Å². The molecule has 0 heterocycles. The van der Waals surface area contributed by atoms with Crippen LogP contribution < -0.4 is 0 Å². The van der Waals surface area contributed by atoms with Crippen LogP contribution >= 0.6 is 0 Å². The molecule has 0 aromatic heterocycles. The van der Waals surface area contributed by atoms with Crippen LogP contribution in [0.15, 0.2) is 0 Å². The molecule has 0 spiro atoms. The van der Waals surface area contributed by atoms with Gasteiger partial charge in [-0.2, -0.15) is 39.5 Å². The summed E-state index contributed by atoms with van der Waals surface area (Å²) in [5.74, 6) is 0. The summed E-state index contributed by atoms with van der Waals surface area (Å²) < 4.78 is 129. The largest absolute Gasteiger partial charge is 0.438 e. The average molecular weight is 287 g/mol. The monoisotopic (exact) mass is 287 g/mol. The fourth-order valence-corrected chi connectivity index (χ4v) is 0.741. The van der Waals surface area contributed by atoms with Gasteiger partial charge in [0.05, 0.1) is 0 Å². The lowest BCUT2D eigenvalue weighted by atomic mass is 10.0. The average Bonchev–Trinajstić information content (AvgIpc) is 1.91. The first-order valence-electron chi connectivity index (χ1n) is 3.18. The Morgan fingerprint density at radius 2 is 0.824 bits per heavy atom. The molecular weight excluding hydrogens is 287 g/mol. The Kier molecular flexibility index (Phi) is 3.91. The van der Waals surface area contributed by atoms with Crippen molar-refractivity contribution in [3.8, 4) is 0 Å². The van der Waals surface area contributed by atoms with E-state index in [0.717, 1.165) is 0 Å². The summed E-state index contributed by atoms with van der Waals surface area (Å²) in [7, 11) is 0. The second kappa shape index (κ2) is 4.12. The Morgan fingerprint density at radius 1 is 0.588 bits per heavy atom. The van der Waals surface area contributed by atoms with E-state index in [1.807, 2.05) is 0 Å². The van der Waals surface area contributed by atoms with Crippen LogP contribution in [0.4, 0.5) is 48.5 Å². The third-order valence-electron chi connectivity index (χ3n) is 1.40. The third kappa shape index (κ3) is 2.70. The van der Waals surface area contributed by atoms with Gasteiger partial charge in [0.2, 0.25) is 0 Å². The second-order valence-electron chi connectivity index (χ2n) is 2.47. The summed E-state index contributed by atoms with van der Waals surface area (Å²) in [4.78, 5) is 1.66. The summed E-state index contributed by atoms with van der Waals surface area (Å²) in [6, 6.07) is 0. The number of hydrogen-bond acceptors (Lipinski definition) is 2. The van der Waals surface area contributed by atoms with Gasteiger partial charge in [-0.15, -0.1) is 0 Å². The van der Waals surface area contributed by atoms with Gasteiger partial charge in [-0.1, -0.05) is 8.96 Å². The van der Waals surface area contributed by atoms with Crippen LogP contribution in [-0.2, 0) is 4.84 Å². The molecule has 2 nitrogen and oxygen atoms in total. The van der Waals surface area contributed by atoms with Crippen molar-refractivity contribution in [2.75, 3.05) is 0 Å². The summed E-state index contributed by atoms with van der Waals surface area (Å²) in [6.45, 7) is 0. The highest BCUT2D eigenvalue weighted by molar-refractivity contribution is 5.01. The van der Waals surface area contributed by atoms with E-state index in [2.05, 4.69) is 0 Å². The molecule has 0 aromatic carbocycles. The fourth-order valence-electron chi connectivity index (χ4n) is 0.741. The van der Waals surface area contributed by atoms with Gasteiger partial charge in [0, 0.05) is 0 Å².